The molecule has 3 N–H and O–H groups in total. The van der Waals surface area contributed by atoms with E-state index in [1.54, 1.807) is 19.1 Å². The first-order valence-electron chi connectivity index (χ1n) is 6.60. The monoisotopic (exact) mass is 297 g/mol. The van der Waals surface area contributed by atoms with E-state index in [-0.39, 0.29) is 5.69 Å². The number of pyridine rings is 1. The standard InChI is InChI=1S/C14H17F2N3O2/c1-3-20-10-5-6-11(21-4-2)13-12(10)8(19-17)7-9(18-13)14(15)16/h5-7,14H,3-4,17H2,1-2H3,(H,18,19). The second kappa shape index (κ2) is 6.53. The van der Waals surface area contributed by atoms with E-state index in [1.165, 1.54) is 6.07 Å². The SMILES string of the molecule is CCOc1ccc(OCC)c2c(NN)cc(C(F)F)nc12. The maximum atomic E-state index is 13.0. The lowest BCUT2D eigenvalue weighted by Crippen LogP contribution is -2.10. The number of hydrazine groups is 1. The Hall–Kier alpha value is -2.15. The van der Waals surface area contributed by atoms with Crippen molar-refractivity contribution in [3.05, 3.63) is 23.9 Å². The molecule has 0 aliphatic carbocycles. The Balaban J connectivity index is 2.78. The van der Waals surface area contributed by atoms with Crippen LogP contribution in [0.2, 0.25) is 0 Å². The van der Waals surface area contributed by atoms with Crippen molar-refractivity contribution in [3.63, 3.8) is 0 Å². The van der Waals surface area contributed by atoms with Crippen LogP contribution in [0.4, 0.5) is 14.5 Å². The van der Waals surface area contributed by atoms with Crippen LogP contribution in [0.1, 0.15) is 26.0 Å². The highest BCUT2D eigenvalue weighted by molar-refractivity contribution is 5.99. The highest BCUT2D eigenvalue weighted by atomic mass is 19.3. The molecule has 7 heteroatoms. The largest absolute Gasteiger partial charge is 0.493 e. The number of nitrogen functional groups attached to an aromatic ring is 1. The third-order valence-electron chi connectivity index (χ3n) is 2.88. The number of rotatable bonds is 6. The van der Waals surface area contributed by atoms with E-state index in [4.69, 9.17) is 15.3 Å². The van der Waals surface area contributed by atoms with Crippen LogP contribution in [0.5, 0.6) is 11.5 Å². The van der Waals surface area contributed by atoms with Gasteiger partial charge in [-0.15, -0.1) is 0 Å². The number of hydrogen-bond donors (Lipinski definition) is 2. The molecule has 2 aromatic rings. The topological polar surface area (TPSA) is 69.4 Å². The third-order valence-corrected chi connectivity index (χ3v) is 2.88. The number of anilines is 1. The van der Waals surface area contributed by atoms with Crippen molar-refractivity contribution in [2.24, 2.45) is 5.84 Å². The van der Waals surface area contributed by atoms with Crippen molar-refractivity contribution < 1.29 is 18.3 Å². The summed E-state index contributed by atoms with van der Waals surface area (Å²) in [5.74, 6) is 6.38. The summed E-state index contributed by atoms with van der Waals surface area (Å²) in [5.41, 5.74) is 2.67. The first-order valence-corrected chi connectivity index (χ1v) is 6.60. The van der Waals surface area contributed by atoms with Gasteiger partial charge in [0.15, 0.2) is 0 Å². The minimum Gasteiger partial charge on any atom is -0.493 e. The van der Waals surface area contributed by atoms with E-state index in [0.29, 0.717) is 41.3 Å². The van der Waals surface area contributed by atoms with E-state index in [2.05, 4.69) is 10.4 Å². The molecule has 1 aromatic heterocycles. The number of nitrogens with two attached hydrogens (primary N) is 1. The van der Waals surface area contributed by atoms with Gasteiger partial charge >= 0.3 is 0 Å². The molecule has 0 aliphatic heterocycles. The van der Waals surface area contributed by atoms with Crippen molar-refractivity contribution in [2.75, 3.05) is 18.6 Å². The Bertz CT molecular complexity index is 635. The fraction of sp³-hybridized carbons (Fsp3) is 0.357. The molecule has 0 amide bonds. The van der Waals surface area contributed by atoms with Gasteiger partial charge in [-0.3, -0.25) is 5.84 Å². The molecule has 0 aliphatic rings. The van der Waals surface area contributed by atoms with Gasteiger partial charge in [0.05, 0.1) is 24.3 Å². The Kier molecular flexibility index (Phi) is 4.74. The first-order chi connectivity index (χ1) is 10.1. The second-order valence-corrected chi connectivity index (χ2v) is 4.19. The van der Waals surface area contributed by atoms with E-state index in [0.717, 1.165) is 0 Å². The molecule has 0 fully saturated rings. The summed E-state index contributed by atoms with van der Waals surface area (Å²) in [6, 6.07) is 4.58. The Morgan fingerprint density at radius 3 is 2.38 bits per heavy atom. The highest BCUT2D eigenvalue weighted by Gasteiger charge is 2.18. The van der Waals surface area contributed by atoms with E-state index in [1.807, 2.05) is 6.92 Å². The zero-order valence-corrected chi connectivity index (χ0v) is 11.8. The van der Waals surface area contributed by atoms with Crippen LogP contribution in [0.15, 0.2) is 18.2 Å². The third kappa shape index (κ3) is 2.97. The molecule has 0 saturated heterocycles. The second-order valence-electron chi connectivity index (χ2n) is 4.19. The summed E-state index contributed by atoms with van der Waals surface area (Å²) in [6.45, 7) is 4.47. The average Bonchev–Trinajstić information content (AvgIpc) is 2.48. The number of alkyl halides is 2. The number of benzene rings is 1. The zero-order valence-electron chi connectivity index (χ0n) is 11.8. The smallest absolute Gasteiger partial charge is 0.280 e. The van der Waals surface area contributed by atoms with E-state index < -0.39 is 6.43 Å². The van der Waals surface area contributed by atoms with Crippen molar-refractivity contribution in [1.29, 1.82) is 0 Å². The summed E-state index contributed by atoms with van der Waals surface area (Å²) in [7, 11) is 0. The molecule has 0 atom stereocenters. The molecule has 0 bridgehead atoms. The van der Waals surface area contributed by atoms with Gasteiger partial charge in [0.1, 0.15) is 22.7 Å². The maximum Gasteiger partial charge on any atom is 0.280 e. The molecule has 1 aromatic carbocycles. The van der Waals surface area contributed by atoms with Gasteiger partial charge in [-0.25, -0.2) is 13.8 Å². The average molecular weight is 297 g/mol. The minimum atomic E-state index is -2.70. The Morgan fingerprint density at radius 1 is 1.19 bits per heavy atom. The van der Waals surface area contributed by atoms with Gasteiger partial charge in [-0.1, -0.05) is 0 Å². The normalized spacial score (nSPS) is 11.0. The van der Waals surface area contributed by atoms with Crippen molar-refractivity contribution in [3.8, 4) is 11.5 Å². The molecule has 0 saturated carbocycles. The number of fused-ring (bicyclic) bond motifs is 1. The fourth-order valence-electron chi connectivity index (χ4n) is 2.08. The Labute approximate surface area is 121 Å². The van der Waals surface area contributed by atoms with Crippen molar-refractivity contribution in [2.45, 2.75) is 20.3 Å². The molecule has 1 heterocycles. The zero-order chi connectivity index (χ0) is 15.4. The van der Waals surface area contributed by atoms with Gasteiger partial charge in [0.25, 0.3) is 6.43 Å². The summed E-state index contributed by atoms with van der Waals surface area (Å²) in [5, 5.41) is 0.523. The Morgan fingerprint density at radius 2 is 1.81 bits per heavy atom. The first kappa shape index (κ1) is 15.2. The lowest BCUT2D eigenvalue weighted by molar-refractivity contribution is 0.146. The summed E-state index contributed by atoms with van der Waals surface area (Å²) < 4.78 is 36.9. The summed E-state index contributed by atoms with van der Waals surface area (Å²) in [6.07, 6.45) is -2.70. The molecule has 0 spiro atoms. The predicted octanol–water partition coefficient (Wildman–Crippen LogP) is 3.26. The van der Waals surface area contributed by atoms with E-state index >= 15 is 0 Å². The fourth-order valence-corrected chi connectivity index (χ4v) is 2.08. The van der Waals surface area contributed by atoms with Crippen LogP contribution in [-0.2, 0) is 0 Å². The van der Waals surface area contributed by atoms with Gasteiger partial charge in [0.2, 0.25) is 0 Å². The number of aromatic nitrogens is 1. The van der Waals surface area contributed by atoms with Gasteiger partial charge < -0.3 is 14.9 Å². The van der Waals surface area contributed by atoms with Crippen molar-refractivity contribution in [1.82, 2.24) is 4.98 Å². The van der Waals surface area contributed by atoms with Crippen LogP contribution in [0.25, 0.3) is 10.9 Å². The number of ether oxygens (including phenoxy) is 2. The molecule has 2 rings (SSSR count). The number of hydrogen-bond acceptors (Lipinski definition) is 5. The summed E-state index contributed by atoms with van der Waals surface area (Å²) in [4.78, 5) is 3.99. The quantitative estimate of drug-likeness (QED) is 0.632. The molecule has 0 radical (unpaired) electrons. The minimum absolute atomic E-state index is 0.300. The van der Waals surface area contributed by atoms with Crippen LogP contribution < -0.4 is 20.7 Å². The van der Waals surface area contributed by atoms with Crippen LogP contribution in [0.3, 0.4) is 0 Å². The summed E-state index contributed by atoms with van der Waals surface area (Å²) >= 11 is 0. The van der Waals surface area contributed by atoms with Gasteiger partial charge in [-0.05, 0) is 32.0 Å². The van der Waals surface area contributed by atoms with Crippen LogP contribution in [0, 0.1) is 0 Å². The van der Waals surface area contributed by atoms with Crippen molar-refractivity contribution >= 4 is 16.6 Å². The number of nitrogens with zero attached hydrogens (tertiary/aromatic N) is 1. The van der Waals surface area contributed by atoms with Crippen LogP contribution in [-0.4, -0.2) is 18.2 Å². The number of halogens is 2. The van der Waals surface area contributed by atoms with Crippen LogP contribution >= 0.6 is 0 Å². The molecular formula is C14H17F2N3O2. The molecule has 114 valence electrons. The lowest BCUT2D eigenvalue weighted by Gasteiger charge is -2.15. The number of nitrogens with one attached hydrogen (secondary N) is 1. The molecular weight excluding hydrogens is 280 g/mol. The lowest BCUT2D eigenvalue weighted by atomic mass is 10.1. The molecule has 0 unspecified atom stereocenters. The predicted molar refractivity (Wildman–Crippen MR) is 76.8 cm³/mol. The highest BCUT2D eigenvalue weighted by Crippen LogP contribution is 2.38. The molecule has 5 nitrogen and oxygen atoms in total. The van der Waals surface area contributed by atoms with Gasteiger partial charge in [0, 0.05) is 0 Å². The maximum absolute atomic E-state index is 13.0. The van der Waals surface area contributed by atoms with Gasteiger partial charge in [-0.2, -0.15) is 0 Å². The molecule has 21 heavy (non-hydrogen) atoms. The van der Waals surface area contributed by atoms with E-state index in [9.17, 15) is 8.78 Å².